The van der Waals surface area contributed by atoms with E-state index in [0.29, 0.717) is 5.92 Å². The highest BCUT2D eigenvalue weighted by atomic mass is 16.1. The largest absolute Gasteiger partial charge is 0.367 e. The molecule has 0 bridgehead atoms. The van der Waals surface area contributed by atoms with Crippen LogP contribution in [-0.4, -0.2) is 26.8 Å². The summed E-state index contributed by atoms with van der Waals surface area (Å²) >= 11 is 0. The summed E-state index contributed by atoms with van der Waals surface area (Å²) in [5.41, 5.74) is 3.49. The van der Waals surface area contributed by atoms with E-state index in [-0.39, 0.29) is 5.91 Å². The first-order valence-corrected chi connectivity index (χ1v) is 7.98. The van der Waals surface area contributed by atoms with Gasteiger partial charge in [-0.1, -0.05) is 26.0 Å². The van der Waals surface area contributed by atoms with E-state index >= 15 is 0 Å². The van der Waals surface area contributed by atoms with Crippen LogP contribution in [0.2, 0.25) is 0 Å². The molecule has 2 heterocycles. The smallest absolute Gasteiger partial charge is 0.221 e. The van der Waals surface area contributed by atoms with Gasteiger partial charge < -0.3 is 10.6 Å². The van der Waals surface area contributed by atoms with Gasteiger partial charge in [0.25, 0.3) is 0 Å². The predicted molar refractivity (Wildman–Crippen MR) is 96.1 cm³/mol. The maximum Gasteiger partial charge on any atom is 0.221 e. The summed E-state index contributed by atoms with van der Waals surface area (Å²) in [6.45, 7) is 6.64. The Morgan fingerprint density at radius 2 is 2.12 bits per heavy atom. The second-order valence-corrected chi connectivity index (χ2v) is 6.15. The van der Waals surface area contributed by atoms with Gasteiger partial charge in [-0.3, -0.25) is 9.20 Å². The van der Waals surface area contributed by atoms with Gasteiger partial charge in [-0.25, -0.2) is 9.97 Å². The van der Waals surface area contributed by atoms with E-state index < -0.39 is 0 Å². The van der Waals surface area contributed by atoms with Crippen LogP contribution in [0, 0.1) is 5.92 Å². The molecule has 6 heteroatoms. The molecule has 124 valence electrons. The standard InChI is InChI=1S/C18H21N5O/c1-12(2)10-20-17-18-21-11-16(23(18)8-7-19-17)14-5-4-6-15(9-14)22-13(3)24/h4-9,11-12H,10H2,1-3H3,(H,19,20)(H,22,24). The molecule has 2 aromatic heterocycles. The lowest BCUT2D eigenvalue weighted by Crippen LogP contribution is -2.10. The number of hydrogen-bond donors (Lipinski definition) is 2. The number of nitrogens with one attached hydrogen (secondary N) is 2. The molecular weight excluding hydrogens is 302 g/mol. The maximum atomic E-state index is 11.2. The summed E-state index contributed by atoms with van der Waals surface area (Å²) in [5, 5.41) is 6.14. The predicted octanol–water partition coefficient (Wildman–Crippen LogP) is 3.42. The number of nitrogens with zero attached hydrogens (tertiary/aromatic N) is 3. The number of hydrogen-bond acceptors (Lipinski definition) is 4. The van der Waals surface area contributed by atoms with Crippen LogP contribution in [0.4, 0.5) is 11.5 Å². The number of carbonyl (C=O) groups is 1. The molecule has 2 N–H and O–H groups in total. The van der Waals surface area contributed by atoms with Gasteiger partial charge in [0.05, 0.1) is 11.9 Å². The summed E-state index contributed by atoms with van der Waals surface area (Å²) < 4.78 is 2.00. The fraction of sp³-hybridized carbons (Fsp3) is 0.278. The van der Waals surface area contributed by atoms with Crippen LogP contribution in [-0.2, 0) is 4.79 Å². The second-order valence-electron chi connectivity index (χ2n) is 6.15. The first-order valence-electron chi connectivity index (χ1n) is 7.98. The van der Waals surface area contributed by atoms with E-state index in [0.717, 1.165) is 35.0 Å². The number of fused-ring (bicyclic) bond motifs is 1. The van der Waals surface area contributed by atoms with E-state index in [9.17, 15) is 4.79 Å². The number of anilines is 2. The second kappa shape index (κ2) is 6.70. The molecule has 0 unspecified atom stereocenters. The zero-order valence-corrected chi connectivity index (χ0v) is 14.1. The van der Waals surface area contributed by atoms with Gasteiger partial charge in [0.15, 0.2) is 11.5 Å². The molecule has 3 rings (SSSR count). The molecule has 0 aliphatic rings. The lowest BCUT2D eigenvalue weighted by atomic mass is 10.1. The van der Waals surface area contributed by atoms with Crippen molar-refractivity contribution >= 4 is 23.1 Å². The third-order valence-electron chi connectivity index (χ3n) is 3.58. The molecule has 0 spiro atoms. The average Bonchev–Trinajstić information content (AvgIpc) is 2.97. The minimum Gasteiger partial charge on any atom is -0.367 e. The Labute approximate surface area is 140 Å². The molecule has 6 nitrogen and oxygen atoms in total. The van der Waals surface area contributed by atoms with Crippen molar-refractivity contribution in [2.24, 2.45) is 5.92 Å². The molecule has 24 heavy (non-hydrogen) atoms. The topological polar surface area (TPSA) is 71.3 Å². The van der Waals surface area contributed by atoms with E-state index in [4.69, 9.17) is 0 Å². The van der Waals surface area contributed by atoms with Gasteiger partial charge in [0, 0.05) is 37.1 Å². The van der Waals surface area contributed by atoms with E-state index in [1.165, 1.54) is 6.92 Å². The van der Waals surface area contributed by atoms with Crippen molar-refractivity contribution in [3.63, 3.8) is 0 Å². The van der Waals surface area contributed by atoms with Crippen LogP contribution in [0.25, 0.3) is 16.9 Å². The molecule has 0 aliphatic carbocycles. The van der Waals surface area contributed by atoms with Crippen molar-refractivity contribution in [3.05, 3.63) is 42.9 Å². The zero-order chi connectivity index (χ0) is 17.1. The quantitative estimate of drug-likeness (QED) is 0.754. The number of amides is 1. The Hall–Kier alpha value is -2.89. The van der Waals surface area contributed by atoms with Crippen LogP contribution in [0.15, 0.2) is 42.9 Å². The van der Waals surface area contributed by atoms with Crippen LogP contribution in [0.3, 0.4) is 0 Å². The van der Waals surface area contributed by atoms with Gasteiger partial charge in [0.1, 0.15) is 0 Å². The first-order chi connectivity index (χ1) is 11.5. The van der Waals surface area contributed by atoms with E-state index in [2.05, 4.69) is 34.4 Å². The highest BCUT2D eigenvalue weighted by Crippen LogP contribution is 2.25. The van der Waals surface area contributed by atoms with Crippen LogP contribution >= 0.6 is 0 Å². The molecule has 0 saturated heterocycles. The van der Waals surface area contributed by atoms with Crippen LogP contribution < -0.4 is 10.6 Å². The van der Waals surface area contributed by atoms with Crippen molar-refractivity contribution in [1.29, 1.82) is 0 Å². The molecular formula is C18H21N5O. The molecule has 0 fully saturated rings. The van der Waals surface area contributed by atoms with Crippen LogP contribution in [0.5, 0.6) is 0 Å². The van der Waals surface area contributed by atoms with Crippen molar-refractivity contribution in [2.45, 2.75) is 20.8 Å². The lowest BCUT2D eigenvalue weighted by molar-refractivity contribution is -0.114. The minimum atomic E-state index is -0.0883. The summed E-state index contributed by atoms with van der Waals surface area (Å²) in [4.78, 5) is 20.2. The zero-order valence-electron chi connectivity index (χ0n) is 14.1. The Kier molecular flexibility index (Phi) is 4.46. The number of rotatable bonds is 5. The van der Waals surface area contributed by atoms with Crippen molar-refractivity contribution in [1.82, 2.24) is 14.4 Å². The molecule has 0 radical (unpaired) electrons. The molecule has 0 atom stereocenters. The highest BCUT2D eigenvalue weighted by molar-refractivity contribution is 5.89. The number of benzene rings is 1. The normalized spacial score (nSPS) is 11.0. The van der Waals surface area contributed by atoms with Crippen molar-refractivity contribution in [2.75, 3.05) is 17.2 Å². The third kappa shape index (κ3) is 3.37. The third-order valence-corrected chi connectivity index (χ3v) is 3.58. The Bertz CT molecular complexity index is 869. The van der Waals surface area contributed by atoms with Gasteiger partial charge in [-0.05, 0) is 18.1 Å². The molecule has 3 aromatic rings. The summed E-state index contributed by atoms with van der Waals surface area (Å²) in [6, 6.07) is 7.72. The lowest BCUT2D eigenvalue weighted by Gasteiger charge is -2.10. The summed E-state index contributed by atoms with van der Waals surface area (Å²) in [5.74, 6) is 1.21. The molecule has 0 aliphatic heterocycles. The Morgan fingerprint density at radius 1 is 1.29 bits per heavy atom. The maximum absolute atomic E-state index is 11.2. The SMILES string of the molecule is CC(=O)Nc1cccc(-c2cnc3c(NCC(C)C)nccn23)c1. The highest BCUT2D eigenvalue weighted by Gasteiger charge is 2.11. The number of imidazole rings is 1. The monoisotopic (exact) mass is 323 g/mol. The minimum absolute atomic E-state index is 0.0883. The summed E-state index contributed by atoms with van der Waals surface area (Å²) in [6.07, 6.45) is 5.48. The van der Waals surface area contributed by atoms with Crippen LogP contribution in [0.1, 0.15) is 20.8 Å². The molecule has 0 saturated carbocycles. The van der Waals surface area contributed by atoms with Gasteiger partial charge >= 0.3 is 0 Å². The molecule has 1 aromatic carbocycles. The Balaban J connectivity index is 1.99. The average molecular weight is 323 g/mol. The van der Waals surface area contributed by atoms with Crippen molar-refractivity contribution in [3.8, 4) is 11.3 Å². The first kappa shape index (κ1) is 16.0. The number of carbonyl (C=O) groups excluding carboxylic acids is 1. The fourth-order valence-electron chi connectivity index (χ4n) is 2.52. The van der Waals surface area contributed by atoms with Gasteiger partial charge in [-0.2, -0.15) is 0 Å². The molecule has 1 amide bonds. The summed E-state index contributed by atoms with van der Waals surface area (Å²) in [7, 11) is 0. The van der Waals surface area contributed by atoms with Gasteiger partial charge in [-0.15, -0.1) is 0 Å². The van der Waals surface area contributed by atoms with E-state index in [1.807, 2.05) is 41.1 Å². The Morgan fingerprint density at radius 3 is 2.88 bits per heavy atom. The van der Waals surface area contributed by atoms with E-state index in [1.54, 1.807) is 6.20 Å². The van der Waals surface area contributed by atoms with Gasteiger partial charge in [0.2, 0.25) is 5.91 Å². The van der Waals surface area contributed by atoms with Crippen molar-refractivity contribution < 1.29 is 4.79 Å². The fourth-order valence-corrected chi connectivity index (χ4v) is 2.52. The number of aromatic nitrogens is 3.